The van der Waals surface area contributed by atoms with Crippen LogP contribution in [0.5, 0.6) is 0 Å². The Labute approximate surface area is 110 Å². The molecule has 1 aromatic heterocycles. The molecule has 0 saturated carbocycles. The fourth-order valence-corrected chi connectivity index (χ4v) is 1.96. The fourth-order valence-electron chi connectivity index (χ4n) is 1.96. The minimum Gasteiger partial charge on any atom is -0.368 e. The minimum absolute atomic E-state index is 0.0804. The third kappa shape index (κ3) is 2.73. The lowest BCUT2D eigenvalue weighted by atomic mass is 10.1. The Bertz CT molecular complexity index is 483. The first-order valence-electron chi connectivity index (χ1n) is 6.24. The van der Waals surface area contributed by atoms with Crippen molar-refractivity contribution in [3.05, 3.63) is 11.6 Å². The molecular weight excluding hydrogens is 248 g/mol. The van der Waals surface area contributed by atoms with Crippen molar-refractivity contribution in [2.75, 3.05) is 19.6 Å². The van der Waals surface area contributed by atoms with Gasteiger partial charge < -0.3 is 16.0 Å². The van der Waals surface area contributed by atoms with Crippen LogP contribution in [0.1, 0.15) is 36.2 Å². The summed E-state index contributed by atoms with van der Waals surface area (Å²) in [7, 11) is 0. The number of hydrogen-bond donors (Lipinski definition) is 3. The van der Waals surface area contributed by atoms with Gasteiger partial charge in [-0.25, -0.2) is 4.98 Å². The van der Waals surface area contributed by atoms with Crippen LogP contribution in [0.4, 0.5) is 0 Å². The van der Waals surface area contributed by atoms with E-state index in [0.29, 0.717) is 25.5 Å². The van der Waals surface area contributed by atoms with Gasteiger partial charge in [-0.15, -0.1) is 5.10 Å². The third-order valence-corrected chi connectivity index (χ3v) is 3.07. The molecule has 1 atom stereocenters. The van der Waals surface area contributed by atoms with E-state index in [9.17, 15) is 9.59 Å². The summed E-state index contributed by atoms with van der Waals surface area (Å²) in [6.45, 7) is 5.30. The molecule has 1 fully saturated rings. The lowest BCUT2D eigenvalue weighted by molar-refractivity contribution is -0.122. The molecule has 0 radical (unpaired) electrons. The van der Waals surface area contributed by atoms with Crippen LogP contribution >= 0.6 is 0 Å². The van der Waals surface area contributed by atoms with Gasteiger partial charge in [0.2, 0.25) is 11.7 Å². The molecule has 0 bridgehead atoms. The first kappa shape index (κ1) is 13.5. The number of nitrogens with two attached hydrogens (primary N) is 1. The normalized spacial score (nSPS) is 19.7. The molecule has 0 aliphatic carbocycles. The molecule has 1 saturated heterocycles. The minimum atomic E-state index is -0.651. The Morgan fingerprint density at radius 3 is 2.79 bits per heavy atom. The quantitative estimate of drug-likeness (QED) is 0.637. The van der Waals surface area contributed by atoms with Gasteiger partial charge in [0.25, 0.3) is 5.91 Å². The molecular formula is C11H18N6O2. The summed E-state index contributed by atoms with van der Waals surface area (Å²) >= 11 is 0. The third-order valence-electron chi connectivity index (χ3n) is 3.07. The van der Waals surface area contributed by atoms with E-state index in [1.807, 2.05) is 13.8 Å². The predicted molar refractivity (Wildman–Crippen MR) is 67.4 cm³/mol. The zero-order chi connectivity index (χ0) is 14.0. The average molecular weight is 266 g/mol. The van der Waals surface area contributed by atoms with E-state index in [1.165, 1.54) is 4.90 Å². The van der Waals surface area contributed by atoms with Gasteiger partial charge in [-0.05, 0) is 0 Å². The predicted octanol–water partition coefficient (Wildman–Crippen LogP) is -1.17. The average Bonchev–Trinajstić information content (AvgIpc) is 2.87. The van der Waals surface area contributed by atoms with Crippen LogP contribution in [-0.4, -0.2) is 57.6 Å². The first-order valence-corrected chi connectivity index (χ1v) is 6.24. The number of nitrogens with one attached hydrogen (secondary N) is 2. The van der Waals surface area contributed by atoms with Crippen molar-refractivity contribution in [1.29, 1.82) is 0 Å². The number of hydrogen-bond acceptors (Lipinski definition) is 5. The van der Waals surface area contributed by atoms with Crippen LogP contribution in [-0.2, 0) is 4.79 Å². The van der Waals surface area contributed by atoms with E-state index < -0.39 is 11.9 Å². The van der Waals surface area contributed by atoms with E-state index in [4.69, 9.17) is 5.73 Å². The second-order valence-electron chi connectivity index (χ2n) is 4.82. The zero-order valence-electron chi connectivity index (χ0n) is 11.0. The maximum Gasteiger partial charge on any atom is 0.294 e. The highest BCUT2D eigenvalue weighted by Gasteiger charge is 2.33. The summed E-state index contributed by atoms with van der Waals surface area (Å²) in [6.07, 6.45) is 0. The molecule has 104 valence electrons. The molecule has 1 aliphatic heterocycles. The molecule has 0 aromatic carbocycles. The summed E-state index contributed by atoms with van der Waals surface area (Å²) < 4.78 is 0. The number of primary amides is 1. The van der Waals surface area contributed by atoms with Crippen LogP contribution < -0.4 is 11.1 Å². The van der Waals surface area contributed by atoms with Crippen molar-refractivity contribution < 1.29 is 9.59 Å². The number of nitrogens with zero attached hydrogens (tertiary/aromatic N) is 3. The Morgan fingerprint density at radius 2 is 2.21 bits per heavy atom. The van der Waals surface area contributed by atoms with Gasteiger partial charge in [0.1, 0.15) is 11.9 Å². The molecule has 1 unspecified atom stereocenters. The van der Waals surface area contributed by atoms with Crippen molar-refractivity contribution >= 4 is 11.8 Å². The van der Waals surface area contributed by atoms with Crippen LogP contribution in [0, 0.1) is 0 Å². The van der Waals surface area contributed by atoms with Gasteiger partial charge in [0.15, 0.2) is 0 Å². The van der Waals surface area contributed by atoms with Crippen LogP contribution in [0.25, 0.3) is 0 Å². The summed E-state index contributed by atoms with van der Waals surface area (Å²) in [5.41, 5.74) is 5.31. The number of aromatic nitrogens is 3. The Morgan fingerprint density at radius 1 is 1.47 bits per heavy atom. The smallest absolute Gasteiger partial charge is 0.294 e. The van der Waals surface area contributed by atoms with E-state index in [1.54, 1.807) is 0 Å². The molecule has 0 spiro atoms. The number of piperazine rings is 1. The van der Waals surface area contributed by atoms with E-state index >= 15 is 0 Å². The number of amides is 2. The van der Waals surface area contributed by atoms with Crippen molar-refractivity contribution in [3.63, 3.8) is 0 Å². The number of aromatic amines is 1. The van der Waals surface area contributed by atoms with E-state index in [0.717, 1.165) is 0 Å². The summed E-state index contributed by atoms with van der Waals surface area (Å²) in [5.74, 6) is -0.0106. The van der Waals surface area contributed by atoms with Gasteiger partial charge in [0, 0.05) is 25.6 Å². The van der Waals surface area contributed by atoms with E-state index in [2.05, 4.69) is 20.5 Å². The van der Waals surface area contributed by atoms with Gasteiger partial charge >= 0.3 is 0 Å². The Kier molecular flexibility index (Phi) is 3.79. The Hall–Kier alpha value is -1.96. The number of carbonyl (C=O) groups excluding carboxylic acids is 2. The molecule has 2 heterocycles. The summed E-state index contributed by atoms with van der Waals surface area (Å²) in [5, 5.41) is 9.67. The molecule has 2 amide bonds. The van der Waals surface area contributed by atoms with Crippen molar-refractivity contribution in [3.8, 4) is 0 Å². The second kappa shape index (κ2) is 5.35. The molecule has 4 N–H and O–H groups in total. The SMILES string of the molecule is CC(C)c1nc(C(=O)N2CCNCC2C(N)=O)n[nH]1. The molecule has 8 heteroatoms. The van der Waals surface area contributed by atoms with Crippen LogP contribution in [0.15, 0.2) is 0 Å². The van der Waals surface area contributed by atoms with Crippen molar-refractivity contribution in [2.45, 2.75) is 25.8 Å². The summed E-state index contributed by atoms with van der Waals surface area (Å²) in [6, 6.07) is -0.651. The lowest BCUT2D eigenvalue weighted by Crippen LogP contribution is -2.58. The molecule has 1 aliphatic rings. The maximum absolute atomic E-state index is 12.3. The highest BCUT2D eigenvalue weighted by atomic mass is 16.2. The van der Waals surface area contributed by atoms with Crippen LogP contribution in [0.3, 0.4) is 0 Å². The van der Waals surface area contributed by atoms with Gasteiger partial charge in [-0.3, -0.25) is 14.7 Å². The highest BCUT2D eigenvalue weighted by Crippen LogP contribution is 2.11. The van der Waals surface area contributed by atoms with Gasteiger partial charge in [-0.1, -0.05) is 13.8 Å². The molecule has 2 rings (SSSR count). The molecule has 19 heavy (non-hydrogen) atoms. The fraction of sp³-hybridized carbons (Fsp3) is 0.636. The van der Waals surface area contributed by atoms with Crippen molar-refractivity contribution in [2.24, 2.45) is 5.73 Å². The standard InChI is InChI=1S/C11H18N6O2/c1-6(2)9-14-10(16-15-9)11(19)17-4-3-13-5-7(17)8(12)18/h6-7,13H,3-5H2,1-2H3,(H2,12,18)(H,14,15,16). The first-order chi connectivity index (χ1) is 9.00. The van der Waals surface area contributed by atoms with Crippen LogP contribution in [0.2, 0.25) is 0 Å². The largest absolute Gasteiger partial charge is 0.368 e. The van der Waals surface area contributed by atoms with Gasteiger partial charge in [-0.2, -0.15) is 0 Å². The van der Waals surface area contributed by atoms with Gasteiger partial charge in [0.05, 0.1) is 0 Å². The maximum atomic E-state index is 12.3. The number of H-pyrrole nitrogens is 1. The van der Waals surface area contributed by atoms with Crippen molar-refractivity contribution in [1.82, 2.24) is 25.4 Å². The number of carbonyl (C=O) groups is 2. The van der Waals surface area contributed by atoms with E-state index in [-0.39, 0.29) is 17.6 Å². The zero-order valence-corrected chi connectivity index (χ0v) is 11.0. The second-order valence-corrected chi connectivity index (χ2v) is 4.82. The topological polar surface area (TPSA) is 117 Å². The lowest BCUT2D eigenvalue weighted by Gasteiger charge is -2.33. The highest BCUT2D eigenvalue weighted by molar-refractivity contribution is 5.94. The Balaban J connectivity index is 2.18. The summed E-state index contributed by atoms with van der Waals surface area (Å²) in [4.78, 5) is 29.2. The molecule has 1 aromatic rings. The number of rotatable bonds is 3. The molecule has 8 nitrogen and oxygen atoms in total. The monoisotopic (exact) mass is 266 g/mol.